The number of nitrogens with zero attached hydrogens (tertiary/aromatic N) is 5. The minimum Gasteiger partial charge on any atom is -0.497 e. The maximum Gasteiger partial charge on any atom is 0.320 e. The molecule has 0 radical (unpaired) electrons. The number of amides is 2. The van der Waals surface area contributed by atoms with Crippen molar-refractivity contribution in [2.24, 2.45) is 11.8 Å². The van der Waals surface area contributed by atoms with Crippen LogP contribution in [0.2, 0.25) is 0 Å². The Kier molecular flexibility index (Phi) is 5.45. The molecule has 3 atom stereocenters. The number of hydrogen-bond acceptors (Lipinski definition) is 6. The zero-order chi connectivity index (χ0) is 20.5. The van der Waals surface area contributed by atoms with Crippen molar-refractivity contribution < 1.29 is 14.1 Å². The van der Waals surface area contributed by atoms with Gasteiger partial charge in [0.1, 0.15) is 5.75 Å². The van der Waals surface area contributed by atoms with E-state index in [0.717, 1.165) is 43.2 Å². The summed E-state index contributed by atoms with van der Waals surface area (Å²) in [6.07, 6.45) is 0.774. The van der Waals surface area contributed by atoms with Crippen molar-refractivity contribution in [2.75, 3.05) is 40.8 Å². The Labute approximate surface area is 171 Å². The summed E-state index contributed by atoms with van der Waals surface area (Å²) < 4.78 is 10.7. The van der Waals surface area contributed by atoms with Crippen molar-refractivity contribution in [3.8, 4) is 5.75 Å². The molecule has 1 aromatic heterocycles. The largest absolute Gasteiger partial charge is 0.497 e. The Morgan fingerprint density at radius 1 is 1.24 bits per heavy atom. The van der Waals surface area contributed by atoms with Crippen LogP contribution in [0.4, 0.5) is 4.79 Å². The Morgan fingerprint density at radius 3 is 2.62 bits per heavy atom. The number of benzene rings is 1. The fraction of sp³-hybridized carbons (Fsp3) is 0.571. The molecular weight excluding hydrogens is 370 g/mol. The summed E-state index contributed by atoms with van der Waals surface area (Å²) in [5, 5.41) is 4.00. The molecule has 3 heterocycles. The van der Waals surface area contributed by atoms with Crippen LogP contribution in [0.1, 0.15) is 30.2 Å². The molecule has 0 spiro atoms. The van der Waals surface area contributed by atoms with E-state index in [-0.39, 0.29) is 12.1 Å². The van der Waals surface area contributed by atoms with Crippen LogP contribution in [0.25, 0.3) is 0 Å². The van der Waals surface area contributed by atoms with Gasteiger partial charge in [-0.25, -0.2) is 4.79 Å². The molecule has 2 aromatic rings. The van der Waals surface area contributed by atoms with Crippen LogP contribution >= 0.6 is 0 Å². The van der Waals surface area contributed by atoms with Crippen LogP contribution in [-0.4, -0.2) is 71.7 Å². The number of carbonyl (C=O) groups is 1. The highest BCUT2D eigenvalue weighted by Crippen LogP contribution is 2.45. The third kappa shape index (κ3) is 3.81. The number of rotatable bonds is 5. The molecule has 1 aromatic carbocycles. The number of urea groups is 1. The van der Waals surface area contributed by atoms with Crippen molar-refractivity contribution in [1.29, 1.82) is 0 Å². The number of methoxy groups -OCH3 is 1. The molecule has 2 amide bonds. The smallest absolute Gasteiger partial charge is 0.320 e. The molecule has 0 bridgehead atoms. The normalized spacial score (nSPS) is 24.0. The second kappa shape index (κ2) is 8.02. The fourth-order valence-electron chi connectivity index (χ4n) is 4.64. The van der Waals surface area contributed by atoms with Gasteiger partial charge in [0.2, 0.25) is 5.89 Å². The number of likely N-dealkylation sites (tertiary alicyclic amines) is 2. The summed E-state index contributed by atoms with van der Waals surface area (Å²) in [6.45, 7) is 5.28. The number of fused-ring (bicyclic) bond motifs is 1. The summed E-state index contributed by atoms with van der Waals surface area (Å²) >= 11 is 0. The van der Waals surface area contributed by atoms with Crippen LogP contribution < -0.4 is 4.74 Å². The quantitative estimate of drug-likeness (QED) is 0.769. The Balaban J connectivity index is 1.54. The maximum atomic E-state index is 12.9. The van der Waals surface area contributed by atoms with E-state index in [4.69, 9.17) is 9.26 Å². The molecule has 8 nitrogen and oxygen atoms in total. The van der Waals surface area contributed by atoms with E-state index in [1.165, 1.54) is 0 Å². The van der Waals surface area contributed by atoms with Crippen LogP contribution in [0.15, 0.2) is 28.8 Å². The van der Waals surface area contributed by atoms with Crippen molar-refractivity contribution in [3.63, 3.8) is 0 Å². The molecule has 0 saturated carbocycles. The highest BCUT2D eigenvalue weighted by molar-refractivity contribution is 5.75. The van der Waals surface area contributed by atoms with Crippen LogP contribution in [0, 0.1) is 11.8 Å². The molecule has 0 unspecified atom stereocenters. The van der Waals surface area contributed by atoms with Gasteiger partial charge in [-0.3, -0.25) is 4.90 Å². The van der Waals surface area contributed by atoms with Gasteiger partial charge in [0.15, 0.2) is 5.82 Å². The van der Waals surface area contributed by atoms with Gasteiger partial charge in [-0.2, -0.15) is 4.98 Å². The first-order valence-corrected chi connectivity index (χ1v) is 10.2. The highest BCUT2D eigenvalue weighted by Gasteiger charge is 2.49. The van der Waals surface area contributed by atoms with Gasteiger partial charge in [0.25, 0.3) is 0 Å². The van der Waals surface area contributed by atoms with Crippen molar-refractivity contribution >= 4 is 6.03 Å². The molecule has 4 rings (SSSR count). The van der Waals surface area contributed by atoms with Crippen molar-refractivity contribution in [3.05, 3.63) is 41.5 Å². The molecule has 2 aliphatic heterocycles. The molecular formula is C21H29N5O3. The minimum absolute atomic E-state index is 0.0553. The van der Waals surface area contributed by atoms with E-state index in [1.807, 2.05) is 38.1 Å². The van der Waals surface area contributed by atoms with E-state index >= 15 is 0 Å². The molecule has 0 aliphatic carbocycles. The van der Waals surface area contributed by atoms with Gasteiger partial charge in [-0.15, -0.1) is 0 Å². The molecule has 8 heteroatoms. The van der Waals surface area contributed by atoms with E-state index in [9.17, 15) is 4.79 Å². The van der Waals surface area contributed by atoms with Crippen LogP contribution in [0.3, 0.4) is 0 Å². The SMILES string of the molecule is CCc1noc(CN2C[C@@H]3CN(C(=O)N(C)C)[C@@H](c4ccc(OC)cc4)[C@@H]3C2)n1. The lowest BCUT2D eigenvalue weighted by Crippen LogP contribution is -2.41. The summed E-state index contributed by atoms with van der Waals surface area (Å²) in [5.74, 6) is 3.05. The van der Waals surface area contributed by atoms with Crippen LogP contribution in [-0.2, 0) is 13.0 Å². The predicted octanol–water partition coefficient (Wildman–Crippen LogP) is 2.43. The van der Waals surface area contributed by atoms with Crippen molar-refractivity contribution in [1.82, 2.24) is 24.8 Å². The predicted molar refractivity (Wildman–Crippen MR) is 107 cm³/mol. The zero-order valence-electron chi connectivity index (χ0n) is 17.5. The topological polar surface area (TPSA) is 74.9 Å². The Hall–Kier alpha value is -2.61. The number of aromatic nitrogens is 2. The van der Waals surface area contributed by atoms with Gasteiger partial charge in [0, 0.05) is 46.1 Å². The average molecular weight is 399 g/mol. The van der Waals surface area contributed by atoms with E-state index < -0.39 is 0 Å². The standard InChI is InChI=1S/C21H29N5O3/c1-5-18-22-19(29-23-18)13-25-10-15-11-26(21(27)24(2)3)20(17(15)12-25)14-6-8-16(28-4)9-7-14/h6-9,15,17,20H,5,10-13H2,1-4H3/t15-,17-,20+/m1/s1. The lowest BCUT2D eigenvalue weighted by atomic mass is 9.89. The number of ether oxygens (including phenoxy) is 1. The van der Waals surface area contributed by atoms with Crippen LogP contribution in [0.5, 0.6) is 5.75 Å². The van der Waals surface area contributed by atoms with Gasteiger partial charge < -0.3 is 19.1 Å². The summed E-state index contributed by atoms with van der Waals surface area (Å²) in [5.41, 5.74) is 1.15. The van der Waals surface area contributed by atoms with E-state index in [0.29, 0.717) is 24.3 Å². The lowest BCUT2D eigenvalue weighted by Gasteiger charge is -2.31. The second-order valence-corrected chi connectivity index (χ2v) is 8.12. The monoisotopic (exact) mass is 399 g/mol. The molecule has 2 fully saturated rings. The molecule has 2 aliphatic rings. The molecule has 2 saturated heterocycles. The highest BCUT2D eigenvalue weighted by atomic mass is 16.5. The zero-order valence-corrected chi connectivity index (χ0v) is 17.5. The average Bonchev–Trinajstić information content (AvgIpc) is 3.42. The maximum absolute atomic E-state index is 12.9. The number of carbonyl (C=O) groups excluding carboxylic acids is 1. The van der Waals surface area contributed by atoms with E-state index in [1.54, 1.807) is 12.0 Å². The third-order valence-corrected chi connectivity index (χ3v) is 6.01. The summed E-state index contributed by atoms with van der Waals surface area (Å²) in [7, 11) is 5.29. The first-order valence-electron chi connectivity index (χ1n) is 10.2. The van der Waals surface area contributed by atoms with Crippen molar-refractivity contribution in [2.45, 2.75) is 25.9 Å². The molecule has 29 heavy (non-hydrogen) atoms. The third-order valence-electron chi connectivity index (χ3n) is 6.01. The Bertz CT molecular complexity index is 850. The minimum atomic E-state index is 0.0553. The summed E-state index contributed by atoms with van der Waals surface area (Å²) in [4.78, 5) is 23.4. The second-order valence-electron chi connectivity index (χ2n) is 8.12. The fourth-order valence-corrected chi connectivity index (χ4v) is 4.64. The first-order chi connectivity index (χ1) is 14.0. The van der Waals surface area contributed by atoms with Gasteiger partial charge in [-0.1, -0.05) is 24.2 Å². The Morgan fingerprint density at radius 2 is 2.00 bits per heavy atom. The molecule has 156 valence electrons. The van der Waals surface area contributed by atoms with Gasteiger partial charge >= 0.3 is 6.03 Å². The van der Waals surface area contributed by atoms with Gasteiger partial charge in [-0.05, 0) is 23.6 Å². The molecule has 0 N–H and O–H groups in total. The summed E-state index contributed by atoms with van der Waals surface area (Å²) in [6, 6.07) is 8.22. The van der Waals surface area contributed by atoms with E-state index in [2.05, 4.69) is 27.2 Å². The number of aryl methyl sites for hydroxylation is 1. The number of hydrogen-bond donors (Lipinski definition) is 0. The first kappa shape index (κ1) is 19.7. The lowest BCUT2D eigenvalue weighted by molar-refractivity contribution is 0.150. The van der Waals surface area contributed by atoms with Gasteiger partial charge in [0.05, 0.1) is 19.7 Å².